The lowest BCUT2D eigenvalue weighted by atomic mass is 9.99. The van der Waals surface area contributed by atoms with Crippen molar-refractivity contribution in [1.82, 2.24) is 0 Å². The normalized spacial score (nSPS) is 25.9. The van der Waals surface area contributed by atoms with Crippen LogP contribution >= 0.6 is 0 Å². The van der Waals surface area contributed by atoms with E-state index in [1.807, 2.05) is 0 Å². The van der Waals surface area contributed by atoms with Gasteiger partial charge in [-0.25, -0.2) is 8.42 Å². The lowest BCUT2D eigenvalue weighted by Gasteiger charge is -2.39. The van der Waals surface area contributed by atoms with E-state index >= 15 is 0 Å². The Hall–Kier alpha value is -2.44. The molecule has 9 nitrogen and oxygen atoms in total. The van der Waals surface area contributed by atoms with Crippen LogP contribution in [0.3, 0.4) is 0 Å². The van der Waals surface area contributed by atoms with Crippen LogP contribution in [0.25, 0.3) is 6.08 Å². The number of rotatable bonds is 9. The van der Waals surface area contributed by atoms with Crippen LogP contribution in [-0.4, -0.2) is 78.5 Å². The Bertz CT molecular complexity index is 1070. The van der Waals surface area contributed by atoms with Crippen molar-refractivity contribution in [3.63, 3.8) is 0 Å². The quantitative estimate of drug-likeness (QED) is 0.367. The molecular formula is C23H26O9S. The Balaban J connectivity index is 1.60. The van der Waals surface area contributed by atoms with Crippen LogP contribution in [0.15, 0.2) is 65.6 Å². The number of ether oxygens (including phenoxy) is 2. The summed E-state index contributed by atoms with van der Waals surface area (Å²) in [4.78, 5) is 12.3. The molecule has 0 spiro atoms. The maximum atomic E-state index is 12.7. The van der Waals surface area contributed by atoms with Gasteiger partial charge in [-0.2, -0.15) is 0 Å². The second kappa shape index (κ2) is 11.1. The molecule has 3 rings (SSSR count). The van der Waals surface area contributed by atoms with E-state index in [4.69, 9.17) is 9.47 Å². The van der Waals surface area contributed by atoms with Gasteiger partial charge in [-0.3, -0.25) is 4.79 Å². The minimum Gasteiger partial charge on any atom is -0.394 e. The van der Waals surface area contributed by atoms with E-state index in [1.54, 1.807) is 42.5 Å². The summed E-state index contributed by atoms with van der Waals surface area (Å²) >= 11 is 0. The van der Waals surface area contributed by atoms with Crippen molar-refractivity contribution in [3.8, 4) is 0 Å². The van der Waals surface area contributed by atoms with Gasteiger partial charge in [0.1, 0.15) is 31.0 Å². The minimum atomic E-state index is -3.58. The van der Waals surface area contributed by atoms with Gasteiger partial charge in [-0.15, -0.1) is 0 Å². The molecule has 1 aliphatic heterocycles. The van der Waals surface area contributed by atoms with Gasteiger partial charge in [-0.05, 0) is 29.3 Å². The van der Waals surface area contributed by atoms with E-state index in [1.165, 1.54) is 24.3 Å². The number of sulfone groups is 1. The maximum Gasteiger partial charge on any atom is 0.187 e. The van der Waals surface area contributed by atoms with E-state index in [-0.39, 0.29) is 10.6 Å². The van der Waals surface area contributed by atoms with Crippen LogP contribution in [-0.2, 0) is 29.9 Å². The molecule has 1 saturated heterocycles. The molecule has 0 unspecified atom stereocenters. The van der Waals surface area contributed by atoms with Gasteiger partial charge in [0, 0.05) is 0 Å². The Morgan fingerprint density at radius 2 is 1.73 bits per heavy atom. The summed E-state index contributed by atoms with van der Waals surface area (Å²) in [5.41, 5.74) is 1.16. The molecule has 2 aromatic rings. The third kappa shape index (κ3) is 6.55. The van der Waals surface area contributed by atoms with Gasteiger partial charge in [0.05, 0.1) is 17.3 Å². The highest BCUT2D eigenvalue weighted by atomic mass is 32.2. The summed E-state index contributed by atoms with van der Waals surface area (Å²) in [6.07, 6.45) is -4.67. The Morgan fingerprint density at radius 3 is 2.42 bits per heavy atom. The summed E-state index contributed by atoms with van der Waals surface area (Å²) in [5.74, 6) is -0.656. The predicted molar refractivity (Wildman–Crippen MR) is 118 cm³/mol. The average Bonchev–Trinajstić information content (AvgIpc) is 2.81. The van der Waals surface area contributed by atoms with Crippen molar-refractivity contribution in [3.05, 3.63) is 71.8 Å². The molecule has 1 heterocycles. The van der Waals surface area contributed by atoms with Crippen molar-refractivity contribution in [2.24, 2.45) is 0 Å². The van der Waals surface area contributed by atoms with Crippen molar-refractivity contribution >= 4 is 21.7 Å². The maximum absolute atomic E-state index is 12.7. The molecule has 1 aliphatic rings. The smallest absolute Gasteiger partial charge is 0.187 e. The van der Waals surface area contributed by atoms with Crippen LogP contribution in [0, 0.1) is 0 Å². The largest absolute Gasteiger partial charge is 0.394 e. The highest BCUT2D eigenvalue weighted by Gasteiger charge is 2.44. The van der Waals surface area contributed by atoms with Gasteiger partial charge in [-0.1, -0.05) is 48.5 Å². The molecule has 0 amide bonds. The first kappa shape index (κ1) is 25.2. The fourth-order valence-electron chi connectivity index (χ4n) is 3.30. The first-order valence-electron chi connectivity index (χ1n) is 10.2. The Kier molecular flexibility index (Phi) is 8.49. The van der Waals surface area contributed by atoms with Gasteiger partial charge in [0.25, 0.3) is 0 Å². The lowest BCUT2D eigenvalue weighted by Crippen LogP contribution is -2.59. The molecule has 33 heavy (non-hydrogen) atoms. The number of carbonyl (C=O) groups excluding carboxylic acids is 1. The molecule has 4 N–H and O–H groups in total. The molecule has 0 bridgehead atoms. The lowest BCUT2D eigenvalue weighted by molar-refractivity contribution is -0.298. The molecule has 178 valence electrons. The highest BCUT2D eigenvalue weighted by Crippen LogP contribution is 2.22. The standard InChI is InChI=1S/C23H26O9S/c24-12-19-20(26)21(27)22(28)23(32-19)31-13-17(25)10-9-15-7-4-8-18(11-15)33(29,30)14-16-5-2-1-3-6-16/h1-11,19-24,26-28H,12-14H2/b10-9+/t19-,20+,21+,22-,23-/m1/s1. The van der Waals surface area contributed by atoms with Crippen LogP contribution in [0.1, 0.15) is 11.1 Å². The van der Waals surface area contributed by atoms with Crippen LogP contribution in [0.5, 0.6) is 0 Å². The number of ketones is 1. The Morgan fingerprint density at radius 1 is 1.00 bits per heavy atom. The summed E-state index contributed by atoms with van der Waals surface area (Å²) in [6, 6.07) is 15.0. The number of hydrogen-bond acceptors (Lipinski definition) is 9. The molecule has 2 aromatic carbocycles. The van der Waals surface area contributed by atoms with E-state index in [9.17, 15) is 33.6 Å². The van der Waals surface area contributed by atoms with Crippen LogP contribution in [0.2, 0.25) is 0 Å². The molecule has 0 aromatic heterocycles. The second-order valence-corrected chi connectivity index (χ2v) is 9.61. The highest BCUT2D eigenvalue weighted by molar-refractivity contribution is 7.90. The zero-order chi connectivity index (χ0) is 24.0. The third-order valence-electron chi connectivity index (χ3n) is 5.12. The van der Waals surface area contributed by atoms with Crippen molar-refractivity contribution in [2.45, 2.75) is 41.4 Å². The molecule has 0 aliphatic carbocycles. The molecule has 1 fully saturated rings. The second-order valence-electron chi connectivity index (χ2n) is 7.63. The van der Waals surface area contributed by atoms with Crippen molar-refractivity contribution < 1.29 is 43.1 Å². The first-order chi connectivity index (χ1) is 15.7. The summed E-state index contributed by atoms with van der Waals surface area (Å²) < 4.78 is 35.8. The minimum absolute atomic E-state index is 0.124. The van der Waals surface area contributed by atoms with Gasteiger partial charge in [0.2, 0.25) is 0 Å². The monoisotopic (exact) mass is 478 g/mol. The molecule has 0 radical (unpaired) electrons. The molecule has 5 atom stereocenters. The number of carbonyl (C=O) groups is 1. The van der Waals surface area contributed by atoms with Gasteiger partial charge in [0.15, 0.2) is 21.9 Å². The number of benzene rings is 2. The third-order valence-corrected chi connectivity index (χ3v) is 6.80. The van der Waals surface area contributed by atoms with E-state index in [0.717, 1.165) is 0 Å². The van der Waals surface area contributed by atoms with Gasteiger partial charge >= 0.3 is 0 Å². The Labute approximate surface area is 191 Å². The summed E-state index contributed by atoms with van der Waals surface area (Å²) in [7, 11) is -3.58. The van der Waals surface area contributed by atoms with Gasteiger partial charge < -0.3 is 29.9 Å². The van der Waals surface area contributed by atoms with Crippen LogP contribution < -0.4 is 0 Å². The fraction of sp³-hybridized carbons (Fsp3) is 0.348. The zero-order valence-electron chi connectivity index (χ0n) is 17.6. The SMILES string of the molecule is O=C(/C=C/c1cccc(S(=O)(=O)Cc2ccccc2)c1)CO[C@@H]1O[C@H](CO)[C@H](O)[C@H](O)[C@H]1O. The van der Waals surface area contributed by atoms with E-state index < -0.39 is 59.5 Å². The molecular weight excluding hydrogens is 452 g/mol. The predicted octanol–water partition coefficient (Wildman–Crippen LogP) is 0.0593. The van der Waals surface area contributed by atoms with Crippen molar-refractivity contribution in [2.75, 3.05) is 13.2 Å². The summed E-state index contributed by atoms with van der Waals surface area (Å²) in [6.45, 7) is -1.12. The first-order valence-corrected chi connectivity index (χ1v) is 11.9. The number of hydrogen-bond donors (Lipinski definition) is 4. The molecule has 10 heteroatoms. The zero-order valence-corrected chi connectivity index (χ0v) is 18.4. The van der Waals surface area contributed by atoms with Crippen LogP contribution in [0.4, 0.5) is 0 Å². The van der Waals surface area contributed by atoms with E-state index in [0.29, 0.717) is 11.1 Å². The summed E-state index contributed by atoms with van der Waals surface area (Å²) in [5, 5.41) is 38.6. The number of aliphatic hydroxyl groups is 4. The van der Waals surface area contributed by atoms with E-state index in [2.05, 4.69) is 0 Å². The van der Waals surface area contributed by atoms with Crippen molar-refractivity contribution in [1.29, 1.82) is 0 Å². The number of aliphatic hydroxyl groups excluding tert-OH is 4. The topological polar surface area (TPSA) is 151 Å². The average molecular weight is 479 g/mol. The molecule has 0 saturated carbocycles. The fourth-order valence-corrected chi connectivity index (χ4v) is 4.69.